The number of benzene rings is 2. The van der Waals surface area contributed by atoms with Crippen molar-refractivity contribution in [1.82, 2.24) is 19.7 Å². The lowest BCUT2D eigenvalue weighted by Gasteiger charge is -2.07. The van der Waals surface area contributed by atoms with E-state index in [1.165, 1.54) is 11.8 Å². The lowest BCUT2D eigenvalue weighted by atomic mass is 10.2. The Bertz CT molecular complexity index is 1200. The van der Waals surface area contributed by atoms with Gasteiger partial charge < -0.3 is 4.98 Å². The topological polar surface area (TPSA) is 63.6 Å². The highest BCUT2D eigenvalue weighted by Gasteiger charge is 2.13. The number of aromatic amines is 1. The van der Waals surface area contributed by atoms with Crippen LogP contribution in [0.25, 0.3) is 16.7 Å². The van der Waals surface area contributed by atoms with Crippen LogP contribution in [-0.4, -0.2) is 19.7 Å². The van der Waals surface area contributed by atoms with E-state index >= 15 is 0 Å². The second kappa shape index (κ2) is 7.38. The Hall–Kier alpha value is -2.28. The monoisotopic (exact) mass is 416 g/mol. The van der Waals surface area contributed by atoms with E-state index in [0.29, 0.717) is 32.0 Å². The average Bonchev–Trinajstić information content (AvgIpc) is 3.07. The van der Waals surface area contributed by atoms with Crippen molar-refractivity contribution >= 4 is 46.0 Å². The van der Waals surface area contributed by atoms with E-state index in [-0.39, 0.29) is 5.56 Å². The number of hydrogen-bond acceptors (Lipinski definition) is 4. The van der Waals surface area contributed by atoms with Crippen LogP contribution in [0.5, 0.6) is 0 Å². The molecule has 0 saturated heterocycles. The molecule has 5 nitrogen and oxygen atoms in total. The molecule has 1 N–H and O–H groups in total. The number of aromatic nitrogens is 4. The molecular weight excluding hydrogens is 403 g/mol. The Kier molecular flexibility index (Phi) is 4.95. The first-order chi connectivity index (χ1) is 13.0. The van der Waals surface area contributed by atoms with E-state index < -0.39 is 0 Å². The second-order valence-corrected chi connectivity index (χ2v) is 7.77. The number of halogens is 2. The van der Waals surface area contributed by atoms with E-state index in [9.17, 15) is 4.79 Å². The molecular formula is C19H14Cl2N4OS. The van der Waals surface area contributed by atoms with Crippen molar-refractivity contribution in [3.63, 3.8) is 0 Å². The summed E-state index contributed by atoms with van der Waals surface area (Å²) < 4.78 is 1.70. The normalized spacial score (nSPS) is 11.2. The SMILES string of the molecule is Cc1ccccc1-n1ncc2c(=O)[nH]c(SCc3ccc(Cl)c(Cl)c3)nc21. The fraction of sp³-hybridized carbons (Fsp3) is 0.105. The van der Waals surface area contributed by atoms with Crippen LogP contribution in [0.2, 0.25) is 10.0 Å². The number of para-hydroxylation sites is 1. The van der Waals surface area contributed by atoms with Crippen molar-refractivity contribution in [2.24, 2.45) is 0 Å². The first-order valence-electron chi connectivity index (χ1n) is 8.14. The third-order valence-corrected chi connectivity index (χ3v) is 5.80. The fourth-order valence-corrected chi connectivity index (χ4v) is 3.84. The minimum Gasteiger partial charge on any atom is -0.301 e. The van der Waals surface area contributed by atoms with Gasteiger partial charge in [-0.25, -0.2) is 9.67 Å². The molecule has 8 heteroatoms. The molecule has 0 spiro atoms. The highest BCUT2D eigenvalue weighted by molar-refractivity contribution is 7.98. The minimum atomic E-state index is -0.212. The molecule has 4 rings (SSSR count). The van der Waals surface area contributed by atoms with Crippen LogP contribution in [0.4, 0.5) is 0 Å². The predicted octanol–water partition coefficient (Wildman–Crippen LogP) is 5.02. The largest absolute Gasteiger partial charge is 0.301 e. The number of nitrogens with one attached hydrogen (secondary N) is 1. The van der Waals surface area contributed by atoms with Gasteiger partial charge in [-0.1, -0.05) is 59.2 Å². The summed E-state index contributed by atoms with van der Waals surface area (Å²) in [6.07, 6.45) is 1.54. The summed E-state index contributed by atoms with van der Waals surface area (Å²) in [6.45, 7) is 2.00. The first-order valence-corrected chi connectivity index (χ1v) is 9.88. The van der Waals surface area contributed by atoms with Crippen LogP contribution >= 0.6 is 35.0 Å². The van der Waals surface area contributed by atoms with Crippen LogP contribution in [-0.2, 0) is 5.75 Å². The maximum atomic E-state index is 12.4. The maximum Gasteiger partial charge on any atom is 0.262 e. The number of nitrogens with zero attached hydrogens (tertiary/aromatic N) is 3. The quantitative estimate of drug-likeness (QED) is 0.374. The van der Waals surface area contributed by atoms with Gasteiger partial charge >= 0.3 is 0 Å². The van der Waals surface area contributed by atoms with Gasteiger partial charge in [0.15, 0.2) is 10.8 Å². The summed E-state index contributed by atoms with van der Waals surface area (Å²) in [6, 6.07) is 13.3. The Labute approximate surface area is 169 Å². The number of thioether (sulfide) groups is 1. The number of aryl methyl sites for hydroxylation is 1. The van der Waals surface area contributed by atoms with Gasteiger partial charge in [-0.05, 0) is 36.2 Å². The zero-order valence-corrected chi connectivity index (χ0v) is 16.6. The van der Waals surface area contributed by atoms with Crippen LogP contribution in [0.15, 0.2) is 58.6 Å². The maximum absolute atomic E-state index is 12.4. The first kappa shape index (κ1) is 18.1. The second-order valence-electron chi connectivity index (χ2n) is 5.99. The summed E-state index contributed by atoms with van der Waals surface area (Å²) >= 11 is 13.4. The van der Waals surface area contributed by atoms with E-state index in [0.717, 1.165) is 16.8 Å². The summed E-state index contributed by atoms with van der Waals surface area (Å²) in [5.41, 5.74) is 3.26. The third-order valence-electron chi connectivity index (χ3n) is 4.12. The van der Waals surface area contributed by atoms with Crippen molar-refractivity contribution in [3.8, 4) is 5.69 Å². The number of hydrogen-bond donors (Lipinski definition) is 1. The summed E-state index contributed by atoms with van der Waals surface area (Å²) in [5.74, 6) is 0.601. The Morgan fingerprint density at radius 2 is 1.96 bits per heavy atom. The van der Waals surface area contributed by atoms with Gasteiger partial charge in [0, 0.05) is 5.75 Å². The molecule has 0 aliphatic rings. The fourth-order valence-electron chi connectivity index (χ4n) is 2.73. The van der Waals surface area contributed by atoms with Gasteiger partial charge in [0.2, 0.25) is 0 Å². The molecule has 0 aliphatic carbocycles. The van der Waals surface area contributed by atoms with Gasteiger partial charge in [0.25, 0.3) is 5.56 Å². The predicted molar refractivity (Wildman–Crippen MR) is 110 cm³/mol. The molecule has 4 aromatic rings. The average molecular weight is 417 g/mol. The molecule has 0 amide bonds. The molecule has 0 atom stereocenters. The molecule has 0 fully saturated rings. The van der Waals surface area contributed by atoms with Crippen molar-refractivity contribution in [3.05, 3.63) is 80.2 Å². The molecule has 2 aromatic heterocycles. The van der Waals surface area contributed by atoms with Crippen LogP contribution in [0.1, 0.15) is 11.1 Å². The molecule has 2 heterocycles. The van der Waals surface area contributed by atoms with Crippen molar-refractivity contribution in [2.75, 3.05) is 0 Å². The number of H-pyrrole nitrogens is 1. The summed E-state index contributed by atoms with van der Waals surface area (Å²) in [4.78, 5) is 19.9. The minimum absolute atomic E-state index is 0.212. The third kappa shape index (κ3) is 3.60. The molecule has 0 aliphatic heterocycles. The highest BCUT2D eigenvalue weighted by atomic mass is 35.5. The van der Waals surface area contributed by atoms with Crippen molar-refractivity contribution < 1.29 is 0 Å². The molecule has 2 aromatic carbocycles. The Morgan fingerprint density at radius 3 is 2.74 bits per heavy atom. The Morgan fingerprint density at radius 1 is 1.15 bits per heavy atom. The van der Waals surface area contributed by atoms with Crippen LogP contribution in [0.3, 0.4) is 0 Å². The van der Waals surface area contributed by atoms with E-state index in [1.807, 2.05) is 43.3 Å². The number of fused-ring (bicyclic) bond motifs is 1. The molecule has 0 bridgehead atoms. The van der Waals surface area contributed by atoms with E-state index in [1.54, 1.807) is 16.9 Å². The summed E-state index contributed by atoms with van der Waals surface area (Å²) in [5, 5.41) is 6.36. The lowest BCUT2D eigenvalue weighted by molar-refractivity contribution is 0.867. The number of rotatable bonds is 4. The molecule has 136 valence electrons. The molecule has 0 unspecified atom stereocenters. The van der Waals surface area contributed by atoms with Gasteiger partial charge in [-0.15, -0.1) is 0 Å². The molecule has 0 saturated carbocycles. The van der Waals surface area contributed by atoms with Gasteiger partial charge in [-0.3, -0.25) is 4.79 Å². The molecule has 0 radical (unpaired) electrons. The van der Waals surface area contributed by atoms with E-state index in [2.05, 4.69) is 15.1 Å². The van der Waals surface area contributed by atoms with Crippen LogP contribution in [0, 0.1) is 6.92 Å². The van der Waals surface area contributed by atoms with E-state index in [4.69, 9.17) is 23.2 Å². The van der Waals surface area contributed by atoms with Crippen molar-refractivity contribution in [2.45, 2.75) is 17.8 Å². The highest BCUT2D eigenvalue weighted by Crippen LogP contribution is 2.27. The van der Waals surface area contributed by atoms with Gasteiger partial charge in [0.1, 0.15) is 5.39 Å². The van der Waals surface area contributed by atoms with Crippen molar-refractivity contribution in [1.29, 1.82) is 0 Å². The smallest absolute Gasteiger partial charge is 0.262 e. The zero-order valence-electron chi connectivity index (χ0n) is 14.2. The lowest BCUT2D eigenvalue weighted by Crippen LogP contribution is -2.10. The summed E-state index contributed by atoms with van der Waals surface area (Å²) in [7, 11) is 0. The standard InChI is InChI=1S/C19H14Cl2N4OS/c1-11-4-2-3-5-16(11)25-17-13(9-22-25)18(26)24-19(23-17)27-10-12-6-7-14(20)15(21)8-12/h2-9H,10H2,1H3,(H,23,24,26). The van der Waals surface area contributed by atoms with Gasteiger partial charge in [0.05, 0.1) is 21.9 Å². The molecule has 27 heavy (non-hydrogen) atoms. The van der Waals surface area contributed by atoms with Crippen LogP contribution < -0.4 is 5.56 Å². The zero-order chi connectivity index (χ0) is 19.0. The van der Waals surface area contributed by atoms with Gasteiger partial charge in [-0.2, -0.15) is 5.10 Å². The Balaban J connectivity index is 1.70.